The van der Waals surface area contributed by atoms with Crippen molar-refractivity contribution < 1.29 is 19.1 Å². The fourth-order valence-corrected chi connectivity index (χ4v) is 3.35. The highest BCUT2D eigenvalue weighted by Gasteiger charge is 2.26. The van der Waals surface area contributed by atoms with Gasteiger partial charge in [0.05, 0.1) is 13.3 Å². The molecule has 0 unspecified atom stereocenters. The molecule has 3 rings (SSSR count). The maximum Gasteiger partial charge on any atom is 0.344 e. The van der Waals surface area contributed by atoms with E-state index in [0.29, 0.717) is 18.1 Å². The van der Waals surface area contributed by atoms with Crippen molar-refractivity contribution in [3.8, 4) is 11.5 Å². The summed E-state index contributed by atoms with van der Waals surface area (Å²) >= 11 is 0. The lowest BCUT2D eigenvalue weighted by Gasteiger charge is -2.22. The molecule has 31 heavy (non-hydrogen) atoms. The molecule has 0 saturated carbocycles. The minimum Gasteiger partial charge on any atom is -0.493 e. The second-order valence-corrected chi connectivity index (χ2v) is 8.69. The summed E-state index contributed by atoms with van der Waals surface area (Å²) in [6.07, 6.45) is 1.50. The number of ether oxygens (including phenoxy) is 2. The zero-order chi connectivity index (χ0) is 22.8. The van der Waals surface area contributed by atoms with Gasteiger partial charge >= 0.3 is 6.03 Å². The smallest absolute Gasteiger partial charge is 0.344 e. The first kappa shape index (κ1) is 22.3. The highest BCUT2D eigenvalue weighted by Crippen LogP contribution is 2.31. The first-order chi connectivity index (χ1) is 14.6. The molecule has 0 radical (unpaired) electrons. The third kappa shape index (κ3) is 5.23. The number of hydrogen-bond donors (Lipinski definition) is 1. The normalized spacial score (nSPS) is 14.3. The molecule has 2 aromatic carbocycles. The summed E-state index contributed by atoms with van der Waals surface area (Å²) in [6.45, 7) is 11.2. The SMILES string of the molecule is COc1cc(/C=N\N2CC(=O)NC2=O)ccc1OCc1c(C)cc(C(C)(C)C)cc1C. The number of nitrogens with zero attached hydrogens (tertiary/aromatic N) is 2. The standard InChI is InChI=1S/C24H29N3O4/c1-15-9-18(24(3,4)5)10-16(2)19(15)14-31-20-8-7-17(11-21(20)30-6)12-25-27-13-22(28)26-23(27)29/h7-12H,13-14H2,1-6H3,(H,26,28,29)/b25-12-. The van der Waals surface area contributed by atoms with Crippen molar-refractivity contribution in [2.24, 2.45) is 5.10 Å². The van der Waals surface area contributed by atoms with E-state index in [4.69, 9.17) is 9.47 Å². The van der Waals surface area contributed by atoms with E-state index < -0.39 is 6.03 Å². The van der Waals surface area contributed by atoms with Gasteiger partial charge in [-0.05, 0) is 65.3 Å². The second kappa shape index (κ2) is 8.79. The molecule has 0 aromatic heterocycles. The molecule has 164 valence electrons. The first-order valence-electron chi connectivity index (χ1n) is 10.1. The summed E-state index contributed by atoms with van der Waals surface area (Å²) in [5.74, 6) is 0.810. The van der Waals surface area contributed by atoms with Crippen LogP contribution in [0.1, 0.15) is 48.6 Å². The summed E-state index contributed by atoms with van der Waals surface area (Å²) in [6, 6.07) is 9.32. The van der Waals surface area contributed by atoms with Crippen LogP contribution < -0.4 is 14.8 Å². The van der Waals surface area contributed by atoms with Crippen molar-refractivity contribution in [2.75, 3.05) is 13.7 Å². The van der Waals surface area contributed by atoms with Gasteiger partial charge in [0.2, 0.25) is 5.91 Å². The van der Waals surface area contributed by atoms with Crippen molar-refractivity contribution >= 4 is 18.2 Å². The van der Waals surface area contributed by atoms with Gasteiger partial charge in [-0.2, -0.15) is 5.10 Å². The number of amides is 3. The molecule has 7 nitrogen and oxygen atoms in total. The molecule has 1 aliphatic heterocycles. The molecule has 1 saturated heterocycles. The predicted molar refractivity (Wildman–Crippen MR) is 120 cm³/mol. The number of nitrogens with one attached hydrogen (secondary N) is 1. The Labute approximate surface area is 183 Å². The van der Waals surface area contributed by atoms with Crippen molar-refractivity contribution in [3.05, 3.63) is 58.1 Å². The Morgan fingerprint density at radius 2 is 1.77 bits per heavy atom. The van der Waals surface area contributed by atoms with Crippen LogP contribution in [0.4, 0.5) is 4.79 Å². The molecule has 1 heterocycles. The van der Waals surface area contributed by atoms with Crippen LogP contribution in [-0.2, 0) is 16.8 Å². The van der Waals surface area contributed by atoms with Crippen LogP contribution in [0.15, 0.2) is 35.4 Å². The summed E-state index contributed by atoms with van der Waals surface area (Å²) < 4.78 is 11.6. The van der Waals surface area contributed by atoms with E-state index in [2.05, 4.69) is 57.2 Å². The predicted octanol–water partition coefficient (Wildman–Crippen LogP) is 4.07. The van der Waals surface area contributed by atoms with Crippen LogP contribution in [0.25, 0.3) is 0 Å². The molecule has 1 fully saturated rings. The summed E-state index contributed by atoms with van der Waals surface area (Å²) in [7, 11) is 1.57. The number of aryl methyl sites for hydroxylation is 2. The van der Waals surface area contributed by atoms with Crippen LogP contribution in [0, 0.1) is 13.8 Å². The summed E-state index contributed by atoms with van der Waals surface area (Å²) in [5.41, 5.74) is 5.68. The number of imide groups is 1. The largest absolute Gasteiger partial charge is 0.493 e. The van der Waals surface area contributed by atoms with Gasteiger partial charge in [0.25, 0.3) is 0 Å². The lowest BCUT2D eigenvalue weighted by Crippen LogP contribution is -2.24. The molecule has 7 heteroatoms. The molecule has 0 atom stereocenters. The van der Waals surface area contributed by atoms with Crippen LogP contribution >= 0.6 is 0 Å². The van der Waals surface area contributed by atoms with E-state index in [1.54, 1.807) is 13.2 Å². The Kier molecular flexibility index (Phi) is 6.34. The number of benzene rings is 2. The van der Waals surface area contributed by atoms with E-state index in [1.165, 1.54) is 22.9 Å². The molecule has 1 N–H and O–H groups in total. The fraction of sp³-hybridized carbons (Fsp3) is 0.375. The Hall–Kier alpha value is -3.35. The average molecular weight is 424 g/mol. The van der Waals surface area contributed by atoms with Crippen LogP contribution in [0.5, 0.6) is 11.5 Å². The van der Waals surface area contributed by atoms with Gasteiger partial charge in [0, 0.05) is 0 Å². The van der Waals surface area contributed by atoms with Crippen molar-refractivity contribution in [1.29, 1.82) is 0 Å². The van der Waals surface area contributed by atoms with E-state index in [0.717, 1.165) is 16.1 Å². The molecule has 0 bridgehead atoms. The van der Waals surface area contributed by atoms with Crippen molar-refractivity contribution in [3.63, 3.8) is 0 Å². The van der Waals surface area contributed by atoms with E-state index in [1.807, 2.05) is 12.1 Å². The van der Waals surface area contributed by atoms with E-state index in [-0.39, 0.29) is 17.9 Å². The quantitative estimate of drug-likeness (QED) is 0.561. The maximum atomic E-state index is 11.6. The number of hydrazone groups is 1. The molecule has 1 aliphatic rings. The summed E-state index contributed by atoms with van der Waals surface area (Å²) in [5, 5.41) is 7.31. The minimum atomic E-state index is -0.531. The van der Waals surface area contributed by atoms with Gasteiger partial charge in [0.1, 0.15) is 13.2 Å². The third-order valence-corrected chi connectivity index (χ3v) is 5.24. The molecule has 3 amide bonds. The lowest BCUT2D eigenvalue weighted by molar-refractivity contribution is -0.118. The lowest BCUT2D eigenvalue weighted by atomic mass is 9.84. The number of carbonyl (C=O) groups excluding carboxylic acids is 2. The van der Waals surface area contributed by atoms with Gasteiger partial charge in [-0.25, -0.2) is 9.80 Å². The number of urea groups is 1. The van der Waals surface area contributed by atoms with Crippen molar-refractivity contribution in [2.45, 2.75) is 46.6 Å². The minimum absolute atomic E-state index is 0.0830. The van der Waals surface area contributed by atoms with Gasteiger partial charge in [-0.3, -0.25) is 10.1 Å². The average Bonchev–Trinajstić information content (AvgIpc) is 3.02. The Balaban J connectivity index is 1.74. The number of methoxy groups -OCH3 is 1. The number of rotatable bonds is 6. The van der Waals surface area contributed by atoms with Crippen LogP contribution in [0.3, 0.4) is 0 Å². The molecular formula is C24H29N3O4. The monoisotopic (exact) mass is 423 g/mol. The third-order valence-electron chi connectivity index (χ3n) is 5.24. The van der Waals surface area contributed by atoms with Gasteiger partial charge in [0.15, 0.2) is 11.5 Å². The number of hydrogen-bond acceptors (Lipinski definition) is 5. The fourth-order valence-electron chi connectivity index (χ4n) is 3.35. The topological polar surface area (TPSA) is 80.2 Å². The molecular weight excluding hydrogens is 394 g/mol. The highest BCUT2D eigenvalue weighted by molar-refractivity contribution is 6.02. The van der Waals surface area contributed by atoms with Crippen LogP contribution in [-0.4, -0.2) is 36.8 Å². The summed E-state index contributed by atoms with van der Waals surface area (Å²) in [4.78, 5) is 22.8. The van der Waals surface area contributed by atoms with Gasteiger partial charge in [-0.15, -0.1) is 0 Å². The van der Waals surface area contributed by atoms with E-state index >= 15 is 0 Å². The van der Waals surface area contributed by atoms with Gasteiger partial charge in [-0.1, -0.05) is 32.9 Å². The molecule has 2 aromatic rings. The van der Waals surface area contributed by atoms with Crippen LogP contribution in [0.2, 0.25) is 0 Å². The van der Waals surface area contributed by atoms with Crippen molar-refractivity contribution in [1.82, 2.24) is 10.3 Å². The Morgan fingerprint density at radius 3 is 2.32 bits per heavy atom. The van der Waals surface area contributed by atoms with E-state index in [9.17, 15) is 9.59 Å². The Morgan fingerprint density at radius 1 is 1.10 bits per heavy atom. The zero-order valence-electron chi connectivity index (χ0n) is 18.9. The first-order valence-corrected chi connectivity index (χ1v) is 10.1. The molecule has 0 spiro atoms. The van der Waals surface area contributed by atoms with Gasteiger partial charge < -0.3 is 9.47 Å². The molecule has 0 aliphatic carbocycles. The second-order valence-electron chi connectivity index (χ2n) is 8.69. The Bertz CT molecular complexity index is 1010. The zero-order valence-corrected chi connectivity index (χ0v) is 18.9. The highest BCUT2D eigenvalue weighted by atomic mass is 16.5. The maximum absolute atomic E-state index is 11.6. The number of carbonyl (C=O) groups is 2.